The van der Waals surface area contributed by atoms with Gasteiger partial charge in [-0.05, 0) is 6.92 Å². The number of aliphatic carboxylic acids is 2. The smallest absolute Gasteiger partial charge is 0.548 e. The van der Waals surface area contributed by atoms with Crippen LogP contribution in [0.4, 0.5) is 0 Å². The molecule has 0 aliphatic carbocycles. The van der Waals surface area contributed by atoms with Gasteiger partial charge in [-0.1, -0.05) is 0 Å². The molecule has 0 spiro atoms. The van der Waals surface area contributed by atoms with Crippen molar-refractivity contribution in [3.8, 4) is 0 Å². The summed E-state index contributed by atoms with van der Waals surface area (Å²) in [4.78, 5) is 17.2. The van der Waals surface area contributed by atoms with Gasteiger partial charge in [0.1, 0.15) is 4.87 Å². The molecular weight excluding hydrogens is 170 g/mol. The Morgan fingerprint density at radius 2 is 1.50 bits per heavy atom. The van der Waals surface area contributed by atoms with Gasteiger partial charge in [-0.3, -0.25) is 0 Å². The summed E-state index contributed by atoms with van der Waals surface area (Å²) in [6.07, 6.45) is 0. The third kappa shape index (κ3) is 2.88. The molecule has 0 bridgehead atoms. The number of carbonyl (C=O) groups excluding carboxylic acids is 2. The van der Waals surface area contributed by atoms with E-state index in [0.717, 1.165) is 6.92 Å². The Kier molecular flexibility index (Phi) is 5.38. The minimum absolute atomic E-state index is 0. The number of carbonyl (C=O) groups is 2. The van der Waals surface area contributed by atoms with E-state index in [9.17, 15) is 19.8 Å². The molecule has 0 aromatic heterocycles. The molecule has 52 valence electrons. The minimum atomic E-state index is -2.42. The summed E-state index contributed by atoms with van der Waals surface area (Å²) in [5.74, 6) is -3.74. The van der Waals surface area contributed by atoms with E-state index in [2.05, 4.69) is 0 Å². The van der Waals surface area contributed by atoms with Gasteiger partial charge in [0.25, 0.3) is 0 Å². The van der Waals surface area contributed by atoms with Crippen LogP contribution in [0, 0.1) is 0 Å². The van der Waals surface area contributed by atoms with E-state index in [1.165, 1.54) is 0 Å². The molecular formula is C4H3ClNaO4-. The molecule has 6 heteroatoms. The fourth-order valence-corrected chi connectivity index (χ4v) is 0.0833. The molecule has 10 heavy (non-hydrogen) atoms. The molecule has 0 saturated heterocycles. The van der Waals surface area contributed by atoms with Crippen molar-refractivity contribution >= 4 is 23.5 Å². The second-order valence-corrected chi connectivity index (χ2v) is 2.33. The molecule has 0 fully saturated rings. The largest absolute Gasteiger partial charge is 1.00 e. The van der Waals surface area contributed by atoms with E-state index in [1.807, 2.05) is 0 Å². The van der Waals surface area contributed by atoms with Crippen LogP contribution in [0.5, 0.6) is 0 Å². The van der Waals surface area contributed by atoms with Crippen molar-refractivity contribution in [3.05, 3.63) is 0 Å². The molecule has 0 amide bonds. The van der Waals surface area contributed by atoms with E-state index >= 15 is 0 Å². The van der Waals surface area contributed by atoms with Crippen LogP contribution in [-0.2, 0) is 9.59 Å². The second kappa shape index (κ2) is 4.18. The summed E-state index contributed by atoms with van der Waals surface area (Å²) >= 11 is 4.88. The number of halogens is 1. The molecule has 0 radical (unpaired) electrons. The van der Waals surface area contributed by atoms with Crippen molar-refractivity contribution in [3.63, 3.8) is 0 Å². The van der Waals surface area contributed by atoms with Crippen molar-refractivity contribution in [2.45, 2.75) is 11.8 Å². The zero-order valence-electron chi connectivity index (χ0n) is 5.51. The minimum Gasteiger partial charge on any atom is -0.548 e. The van der Waals surface area contributed by atoms with E-state index in [1.54, 1.807) is 0 Å². The zero-order chi connectivity index (χ0) is 7.65. The van der Waals surface area contributed by atoms with Crippen molar-refractivity contribution in [2.24, 2.45) is 0 Å². The third-order valence-corrected chi connectivity index (χ3v) is 1.08. The summed E-state index contributed by atoms with van der Waals surface area (Å²) in [7, 11) is 0. The maximum absolute atomic E-state index is 9.80. The predicted molar refractivity (Wildman–Crippen MR) is 24.3 cm³/mol. The van der Waals surface area contributed by atoms with Gasteiger partial charge in [-0.25, -0.2) is 0 Å². The van der Waals surface area contributed by atoms with Crippen LogP contribution in [-0.4, -0.2) is 16.8 Å². The van der Waals surface area contributed by atoms with Crippen molar-refractivity contribution in [1.82, 2.24) is 0 Å². The molecule has 0 unspecified atom stereocenters. The summed E-state index contributed by atoms with van der Waals surface area (Å²) in [5.41, 5.74) is 0. The fraction of sp³-hybridized carbons (Fsp3) is 0.500. The van der Waals surface area contributed by atoms with Crippen molar-refractivity contribution < 1.29 is 49.4 Å². The number of carboxylic acid groups (broad SMARTS) is 2. The first kappa shape index (κ1) is 12.9. The Morgan fingerprint density at radius 3 is 1.50 bits per heavy atom. The Balaban J connectivity index is 0. The van der Waals surface area contributed by atoms with Gasteiger partial charge < -0.3 is 19.8 Å². The molecule has 0 saturated carbocycles. The van der Waals surface area contributed by atoms with Crippen LogP contribution in [0.3, 0.4) is 0 Å². The third-order valence-electron chi connectivity index (χ3n) is 0.767. The Morgan fingerprint density at radius 1 is 1.30 bits per heavy atom. The average Bonchev–Trinajstić information content (AvgIpc) is 1.65. The maximum atomic E-state index is 9.80. The van der Waals surface area contributed by atoms with Crippen LogP contribution in [0.1, 0.15) is 6.92 Å². The number of carboxylic acids is 2. The quantitative estimate of drug-likeness (QED) is 0.237. The predicted octanol–water partition coefficient (Wildman–Crippen LogP) is -5.51. The van der Waals surface area contributed by atoms with Gasteiger partial charge in [0, 0.05) is 0 Å². The number of rotatable bonds is 2. The van der Waals surface area contributed by atoms with Gasteiger partial charge in [-0.2, -0.15) is 0 Å². The van der Waals surface area contributed by atoms with Gasteiger partial charge >= 0.3 is 29.6 Å². The zero-order valence-corrected chi connectivity index (χ0v) is 8.27. The molecule has 0 aromatic carbocycles. The average molecular weight is 174 g/mol. The summed E-state index contributed by atoms with van der Waals surface area (Å²) < 4.78 is 0. The molecule has 0 aromatic rings. The Labute approximate surface area is 84.5 Å². The first-order valence-corrected chi connectivity index (χ1v) is 2.38. The molecule has 0 aliphatic rings. The van der Waals surface area contributed by atoms with E-state index in [-0.39, 0.29) is 29.6 Å². The molecule has 0 aliphatic heterocycles. The Bertz CT molecular complexity index is 139. The first-order valence-electron chi connectivity index (χ1n) is 2.01. The van der Waals surface area contributed by atoms with Crippen LogP contribution in [0.2, 0.25) is 0 Å². The van der Waals surface area contributed by atoms with Gasteiger partial charge in [0.2, 0.25) is 0 Å². The second-order valence-electron chi connectivity index (χ2n) is 1.58. The normalized spacial score (nSPS) is 9.80. The monoisotopic (exact) mass is 173 g/mol. The molecule has 0 atom stereocenters. The van der Waals surface area contributed by atoms with Crippen molar-refractivity contribution in [2.75, 3.05) is 0 Å². The molecule has 4 nitrogen and oxygen atoms in total. The Hall–Kier alpha value is 0.230. The van der Waals surface area contributed by atoms with E-state index in [4.69, 9.17) is 11.6 Å². The van der Waals surface area contributed by atoms with Gasteiger partial charge in [0.05, 0.1) is 11.9 Å². The van der Waals surface area contributed by atoms with E-state index in [0.29, 0.717) is 0 Å². The summed E-state index contributed by atoms with van der Waals surface area (Å²) in [6, 6.07) is 0. The molecule has 0 N–H and O–H groups in total. The molecule has 0 rings (SSSR count). The summed E-state index contributed by atoms with van der Waals surface area (Å²) in [5, 5.41) is 19.6. The number of hydrogen-bond donors (Lipinski definition) is 0. The van der Waals surface area contributed by atoms with Crippen LogP contribution in [0.25, 0.3) is 0 Å². The maximum Gasteiger partial charge on any atom is 1.00 e. The SMILES string of the molecule is CC(Cl)(C(=O)[O-])C(=O)[O-].[Na+]. The van der Waals surface area contributed by atoms with Crippen LogP contribution < -0.4 is 39.8 Å². The number of hydrogen-bond acceptors (Lipinski definition) is 4. The van der Waals surface area contributed by atoms with Gasteiger partial charge in [-0.15, -0.1) is 11.6 Å². The van der Waals surface area contributed by atoms with Crippen molar-refractivity contribution in [1.29, 1.82) is 0 Å². The summed E-state index contributed by atoms with van der Waals surface area (Å²) in [6.45, 7) is 0.777. The number of alkyl halides is 1. The first-order chi connectivity index (χ1) is 3.89. The van der Waals surface area contributed by atoms with E-state index < -0.39 is 16.8 Å². The fourth-order valence-electron chi connectivity index (χ4n) is 0.0833. The van der Waals surface area contributed by atoms with Crippen LogP contribution >= 0.6 is 11.6 Å². The standard InChI is InChI=1S/C4H5ClO4.Na/c1-4(5,2(6)7)3(8)9;/h1H3,(H,6,7)(H,8,9);/q;+1/p-2. The topological polar surface area (TPSA) is 80.3 Å². The molecule has 0 heterocycles. The van der Waals surface area contributed by atoms with Gasteiger partial charge in [0.15, 0.2) is 0 Å². The van der Waals surface area contributed by atoms with Crippen LogP contribution in [0.15, 0.2) is 0 Å².